The Bertz CT molecular complexity index is 531. The van der Waals surface area contributed by atoms with E-state index in [1.54, 1.807) is 12.3 Å². The van der Waals surface area contributed by atoms with Gasteiger partial charge < -0.3 is 15.5 Å². The number of amides is 1. The lowest BCUT2D eigenvalue weighted by Crippen LogP contribution is -2.43. The molecule has 0 fully saturated rings. The lowest BCUT2D eigenvalue weighted by molar-refractivity contribution is -0.142. The molecule has 1 aromatic heterocycles. The summed E-state index contributed by atoms with van der Waals surface area (Å²) in [7, 11) is 0. The highest BCUT2D eigenvalue weighted by atomic mass is 32.1. The van der Waals surface area contributed by atoms with Gasteiger partial charge in [0.05, 0.1) is 12.0 Å². The van der Waals surface area contributed by atoms with Gasteiger partial charge in [-0.05, 0) is 13.8 Å². The molecule has 1 atom stereocenters. The van der Waals surface area contributed by atoms with Crippen molar-refractivity contribution in [2.24, 2.45) is 0 Å². The fraction of sp³-hybridized carbons (Fsp3) is 0.545. The van der Waals surface area contributed by atoms with E-state index in [1.807, 2.05) is 0 Å². The molecule has 0 spiro atoms. The monoisotopic (exact) mass is 288 g/mol. The van der Waals surface area contributed by atoms with Gasteiger partial charge in [0.25, 0.3) is 0 Å². The SMILES string of the molecule is Cc1csc(=O)n1CC(=O)NCC(C)(O)CC(=O)O. The van der Waals surface area contributed by atoms with Crippen LogP contribution in [0.2, 0.25) is 0 Å². The third kappa shape index (κ3) is 4.84. The highest BCUT2D eigenvalue weighted by molar-refractivity contribution is 7.07. The van der Waals surface area contributed by atoms with Crippen LogP contribution in [0.25, 0.3) is 0 Å². The topological polar surface area (TPSA) is 109 Å². The smallest absolute Gasteiger partial charge is 0.307 e. The van der Waals surface area contributed by atoms with E-state index < -0.39 is 23.9 Å². The summed E-state index contributed by atoms with van der Waals surface area (Å²) in [5.74, 6) is -1.60. The van der Waals surface area contributed by atoms with Crippen LogP contribution in [0.5, 0.6) is 0 Å². The van der Waals surface area contributed by atoms with Crippen LogP contribution >= 0.6 is 11.3 Å². The molecule has 0 aromatic carbocycles. The summed E-state index contributed by atoms with van der Waals surface area (Å²) in [5.41, 5.74) is -0.835. The van der Waals surface area contributed by atoms with Crippen molar-refractivity contribution < 1.29 is 19.8 Å². The molecule has 0 radical (unpaired) electrons. The molecule has 19 heavy (non-hydrogen) atoms. The Morgan fingerprint density at radius 1 is 1.53 bits per heavy atom. The van der Waals surface area contributed by atoms with Gasteiger partial charge in [0.1, 0.15) is 6.54 Å². The molecular formula is C11H16N2O5S. The van der Waals surface area contributed by atoms with Crippen LogP contribution in [0.1, 0.15) is 19.0 Å². The second kappa shape index (κ2) is 5.98. The molecule has 1 amide bonds. The molecule has 3 N–H and O–H groups in total. The number of nitrogens with one attached hydrogen (secondary N) is 1. The minimum atomic E-state index is -1.52. The van der Waals surface area contributed by atoms with Crippen LogP contribution in [-0.4, -0.2) is 38.8 Å². The van der Waals surface area contributed by atoms with Crippen LogP contribution in [0.3, 0.4) is 0 Å². The number of aliphatic hydroxyl groups is 1. The predicted octanol–water partition coefficient (Wildman–Crippen LogP) is -0.440. The van der Waals surface area contributed by atoms with E-state index in [2.05, 4.69) is 5.32 Å². The molecule has 1 heterocycles. The number of carboxylic acids is 1. The Balaban J connectivity index is 2.53. The van der Waals surface area contributed by atoms with Gasteiger partial charge >= 0.3 is 10.8 Å². The Morgan fingerprint density at radius 2 is 2.16 bits per heavy atom. The molecule has 0 aliphatic carbocycles. The third-order valence-electron chi connectivity index (χ3n) is 2.48. The zero-order valence-corrected chi connectivity index (χ0v) is 11.5. The van der Waals surface area contributed by atoms with Crippen LogP contribution in [0.15, 0.2) is 10.2 Å². The normalized spacial score (nSPS) is 13.8. The molecule has 0 bridgehead atoms. The van der Waals surface area contributed by atoms with Gasteiger partial charge in [-0.3, -0.25) is 19.0 Å². The summed E-state index contributed by atoms with van der Waals surface area (Å²) in [4.78, 5) is 33.3. The van der Waals surface area contributed by atoms with E-state index in [4.69, 9.17) is 5.11 Å². The summed E-state index contributed by atoms with van der Waals surface area (Å²) in [6.45, 7) is 2.71. The second-order valence-corrected chi connectivity index (χ2v) is 5.39. The number of aliphatic carboxylic acids is 1. The molecule has 1 rings (SSSR count). The number of aryl methyl sites for hydroxylation is 1. The number of thiazole rings is 1. The second-order valence-electron chi connectivity index (χ2n) is 4.57. The first kappa shape index (κ1) is 15.4. The van der Waals surface area contributed by atoms with Gasteiger partial charge in [-0.25, -0.2) is 0 Å². The average molecular weight is 288 g/mol. The van der Waals surface area contributed by atoms with Crippen molar-refractivity contribution >= 4 is 23.2 Å². The maximum absolute atomic E-state index is 11.6. The number of carbonyl (C=O) groups is 2. The molecule has 106 valence electrons. The van der Waals surface area contributed by atoms with Crippen LogP contribution in [0, 0.1) is 6.92 Å². The predicted molar refractivity (Wildman–Crippen MR) is 69.2 cm³/mol. The number of hydrogen-bond acceptors (Lipinski definition) is 5. The number of carbonyl (C=O) groups excluding carboxylic acids is 1. The molecule has 1 unspecified atom stereocenters. The molecule has 1 aromatic rings. The quantitative estimate of drug-likeness (QED) is 0.657. The van der Waals surface area contributed by atoms with Crippen LogP contribution < -0.4 is 10.2 Å². The fourth-order valence-electron chi connectivity index (χ4n) is 1.47. The van der Waals surface area contributed by atoms with E-state index in [0.717, 1.165) is 11.3 Å². The van der Waals surface area contributed by atoms with E-state index in [1.165, 1.54) is 11.5 Å². The molecule has 0 aliphatic heterocycles. The lowest BCUT2D eigenvalue weighted by atomic mass is 10.0. The summed E-state index contributed by atoms with van der Waals surface area (Å²) >= 11 is 1.01. The molecule has 8 heteroatoms. The summed E-state index contributed by atoms with van der Waals surface area (Å²) in [5, 5.41) is 22.3. The third-order valence-corrected chi connectivity index (χ3v) is 3.36. The lowest BCUT2D eigenvalue weighted by Gasteiger charge is -2.21. The Kier molecular flexibility index (Phi) is 4.84. The van der Waals surface area contributed by atoms with Crippen molar-refractivity contribution in [3.63, 3.8) is 0 Å². The number of carboxylic acid groups (broad SMARTS) is 1. The minimum absolute atomic E-state index is 0.142. The van der Waals surface area contributed by atoms with Gasteiger partial charge in [-0.2, -0.15) is 0 Å². The highest BCUT2D eigenvalue weighted by Gasteiger charge is 2.24. The first-order chi connectivity index (χ1) is 8.71. The van der Waals surface area contributed by atoms with Crippen molar-refractivity contribution in [2.75, 3.05) is 6.54 Å². The summed E-state index contributed by atoms with van der Waals surface area (Å²) in [6.07, 6.45) is -0.468. The largest absolute Gasteiger partial charge is 0.481 e. The van der Waals surface area contributed by atoms with E-state index in [9.17, 15) is 19.5 Å². The standard InChI is InChI=1S/C11H16N2O5S/c1-7-5-19-10(17)13(7)4-8(14)12-6-11(2,18)3-9(15)16/h5,18H,3-4,6H2,1-2H3,(H,12,14)(H,15,16). The molecule has 0 saturated carbocycles. The zero-order valence-electron chi connectivity index (χ0n) is 10.7. The van der Waals surface area contributed by atoms with E-state index in [0.29, 0.717) is 5.69 Å². The Hall–Kier alpha value is -1.67. The van der Waals surface area contributed by atoms with Gasteiger partial charge in [-0.15, -0.1) is 0 Å². The van der Waals surface area contributed by atoms with Crippen molar-refractivity contribution in [2.45, 2.75) is 32.4 Å². The number of hydrogen-bond donors (Lipinski definition) is 3. The molecule has 0 aliphatic rings. The van der Waals surface area contributed by atoms with Gasteiger partial charge in [0.2, 0.25) is 5.91 Å². The van der Waals surface area contributed by atoms with Crippen LogP contribution in [0.4, 0.5) is 0 Å². The van der Waals surface area contributed by atoms with Gasteiger partial charge in [0.15, 0.2) is 0 Å². The van der Waals surface area contributed by atoms with E-state index in [-0.39, 0.29) is 18.0 Å². The van der Waals surface area contributed by atoms with Crippen molar-refractivity contribution in [1.82, 2.24) is 9.88 Å². The number of nitrogens with zero attached hydrogens (tertiary/aromatic N) is 1. The van der Waals surface area contributed by atoms with Crippen molar-refractivity contribution in [3.05, 3.63) is 20.7 Å². The van der Waals surface area contributed by atoms with Gasteiger partial charge in [-0.1, -0.05) is 11.3 Å². The first-order valence-corrected chi connectivity index (χ1v) is 6.45. The number of aromatic nitrogens is 1. The zero-order chi connectivity index (χ0) is 14.6. The highest BCUT2D eigenvalue weighted by Crippen LogP contribution is 2.07. The molecular weight excluding hydrogens is 272 g/mol. The van der Waals surface area contributed by atoms with Gasteiger partial charge in [0, 0.05) is 17.6 Å². The van der Waals surface area contributed by atoms with Crippen LogP contribution in [-0.2, 0) is 16.1 Å². The first-order valence-electron chi connectivity index (χ1n) is 5.57. The fourth-order valence-corrected chi connectivity index (χ4v) is 2.21. The number of rotatable bonds is 6. The maximum atomic E-state index is 11.6. The maximum Gasteiger partial charge on any atom is 0.307 e. The molecule has 7 nitrogen and oxygen atoms in total. The summed E-state index contributed by atoms with van der Waals surface area (Å²) in [6, 6.07) is 0. The average Bonchev–Trinajstić information content (AvgIpc) is 2.57. The van der Waals surface area contributed by atoms with E-state index >= 15 is 0 Å². The Labute approximate surface area is 113 Å². The van der Waals surface area contributed by atoms with Crippen molar-refractivity contribution in [1.29, 1.82) is 0 Å². The molecule has 0 saturated heterocycles. The van der Waals surface area contributed by atoms with Crippen molar-refractivity contribution in [3.8, 4) is 0 Å². The Morgan fingerprint density at radius 3 is 2.63 bits per heavy atom. The minimum Gasteiger partial charge on any atom is -0.481 e. The summed E-state index contributed by atoms with van der Waals surface area (Å²) < 4.78 is 1.31.